The molecule has 0 spiro atoms. The maximum absolute atomic E-state index is 12.5. The van der Waals surface area contributed by atoms with Gasteiger partial charge in [-0.05, 0) is 25.5 Å². The molecule has 142 valence electrons. The number of rotatable bonds is 4. The minimum Gasteiger partial charge on any atom is -0.486 e. The molecule has 0 atom stereocenters. The van der Waals surface area contributed by atoms with Crippen molar-refractivity contribution >= 4 is 29.1 Å². The fourth-order valence-corrected chi connectivity index (χ4v) is 3.12. The number of primary amides is 1. The molecule has 3 N–H and O–H groups in total. The van der Waals surface area contributed by atoms with Gasteiger partial charge in [0.25, 0.3) is 11.5 Å². The number of nitrogens with two attached hydrogens (primary N) is 1. The smallest absolute Gasteiger partial charge is 0.264 e. The average molecular weight is 392 g/mol. The molecule has 9 heteroatoms. The van der Waals surface area contributed by atoms with Gasteiger partial charge in [-0.3, -0.25) is 14.4 Å². The van der Waals surface area contributed by atoms with Crippen molar-refractivity contribution in [2.24, 2.45) is 5.73 Å². The van der Waals surface area contributed by atoms with E-state index in [4.69, 9.17) is 26.8 Å². The van der Waals surface area contributed by atoms with Gasteiger partial charge in [-0.25, -0.2) is 0 Å². The molecule has 0 saturated carbocycles. The van der Waals surface area contributed by atoms with Crippen LogP contribution in [-0.4, -0.2) is 29.6 Å². The summed E-state index contributed by atoms with van der Waals surface area (Å²) in [7, 11) is 0. The van der Waals surface area contributed by atoms with Gasteiger partial charge in [0.2, 0.25) is 5.91 Å². The molecular formula is C18H18ClN3O5. The van der Waals surface area contributed by atoms with E-state index >= 15 is 0 Å². The van der Waals surface area contributed by atoms with Crippen molar-refractivity contribution in [3.8, 4) is 11.5 Å². The Labute approximate surface area is 159 Å². The maximum Gasteiger partial charge on any atom is 0.264 e. The van der Waals surface area contributed by atoms with E-state index in [0.717, 1.165) is 0 Å². The van der Waals surface area contributed by atoms with Crippen LogP contribution in [-0.2, 0) is 11.3 Å². The summed E-state index contributed by atoms with van der Waals surface area (Å²) in [4.78, 5) is 36.5. The van der Waals surface area contributed by atoms with Crippen LogP contribution in [0.3, 0.4) is 0 Å². The Bertz CT molecular complexity index is 999. The van der Waals surface area contributed by atoms with Crippen molar-refractivity contribution in [1.82, 2.24) is 4.57 Å². The SMILES string of the molecule is Cc1cc(C)n(CC(=O)Nc2cc3c(cc2Cl)OCCO3)c(=O)c1C(N)=O. The Morgan fingerprint density at radius 2 is 1.81 bits per heavy atom. The minimum absolute atomic E-state index is 0.134. The highest BCUT2D eigenvalue weighted by Crippen LogP contribution is 2.37. The van der Waals surface area contributed by atoms with Crippen molar-refractivity contribution in [2.45, 2.75) is 20.4 Å². The third-order valence-electron chi connectivity index (χ3n) is 4.16. The summed E-state index contributed by atoms with van der Waals surface area (Å²) >= 11 is 6.18. The first-order valence-corrected chi connectivity index (χ1v) is 8.55. The van der Waals surface area contributed by atoms with E-state index in [2.05, 4.69) is 5.32 Å². The van der Waals surface area contributed by atoms with Crippen LogP contribution >= 0.6 is 11.6 Å². The molecule has 0 radical (unpaired) electrons. The van der Waals surface area contributed by atoms with Gasteiger partial charge in [0.1, 0.15) is 25.3 Å². The lowest BCUT2D eigenvalue weighted by molar-refractivity contribution is -0.116. The summed E-state index contributed by atoms with van der Waals surface area (Å²) in [6, 6.07) is 4.75. The molecule has 1 aliphatic heterocycles. The second kappa shape index (κ2) is 7.32. The highest BCUT2D eigenvalue weighted by Gasteiger charge is 2.19. The predicted octanol–water partition coefficient (Wildman–Crippen LogP) is 1.63. The van der Waals surface area contributed by atoms with E-state index < -0.39 is 17.4 Å². The van der Waals surface area contributed by atoms with Gasteiger partial charge in [0.05, 0.1) is 10.7 Å². The van der Waals surface area contributed by atoms with Gasteiger partial charge in [0.15, 0.2) is 11.5 Å². The lowest BCUT2D eigenvalue weighted by atomic mass is 10.1. The number of ether oxygens (including phenoxy) is 2. The molecule has 0 fully saturated rings. The van der Waals surface area contributed by atoms with Crippen molar-refractivity contribution in [2.75, 3.05) is 18.5 Å². The number of hydrogen-bond donors (Lipinski definition) is 2. The molecule has 2 aromatic rings. The van der Waals surface area contributed by atoms with E-state index in [1.165, 1.54) is 4.57 Å². The van der Waals surface area contributed by atoms with E-state index in [1.54, 1.807) is 32.0 Å². The number of nitrogens with zero attached hydrogens (tertiary/aromatic N) is 1. The Kier molecular flexibility index (Phi) is 5.09. The van der Waals surface area contributed by atoms with Crippen molar-refractivity contribution in [3.05, 3.63) is 50.4 Å². The molecule has 2 heterocycles. The van der Waals surface area contributed by atoms with Gasteiger partial charge >= 0.3 is 0 Å². The fourth-order valence-electron chi connectivity index (χ4n) is 2.92. The van der Waals surface area contributed by atoms with Gasteiger partial charge in [-0.1, -0.05) is 11.6 Å². The number of carbonyl (C=O) groups is 2. The average Bonchev–Trinajstić information content (AvgIpc) is 2.58. The third-order valence-corrected chi connectivity index (χ3v) is 4.47. The van der Waals surface area contributed by atoms with Crippen LogP contribution in [0.15, 0.2) is 23.0 Å². The normalized spacial score (nSPS) is 12.6. The van der Waals surface area contributed by atoms with Crippen LogP contribution in [0, 0.1) is 13.8 Å². The first-order valence-electron chi connectivity index (χ1n) is 8.17. The van der Waals surface area contributed by atoms with E-state index in [0.29, 0.717) is 41.7 Å². The summed E-state index contributed by atoms with van der Waals surface area (Å²) < 4.78 is 12.1. The Morgan fingerprint density at radius 3 is 2.44 bits per heavy atom. The zero-order chi connectivity index (χ0) is 19.7. The van der Waals surface area contributed by atoms with Crippen molar-refractivity contribution in [1.29, 1.82) is 0 Å². The van der Waals surface area contributed by atoms with Crippen LogP contribution in [0.25, 0.3) is 0 Å². The van der Waals surface area contributed by atoms with E-state index in [9.17, 15) is 14.4 Å². The summed E-state index contributed by atoms with van der Waals surface area (Å²) in [6.45, 7) is 3.82. The molecule has 1 aromatic carbocycles. The standard InChI is InChI=1S/C18H18ClN3O5/c1-9-5-10(2)22(18(25)16(9)17(20)24)8-15(23)21-12-7-14-13(6-11(12)19)26-3-4-27-14/h5-7H,3-4,8H2,1-2H3,(H2,20,24)(H,21,23). The van der Waals surface area contributed by atoms with Gasteiger partial charge in [0, 0.05) is 17.8 Å². The largest absolute Gasteiger partial charge is 0.486 e. The van der Waals surface area contributed by atoms with Crippen LogP contribution in [0.5, 0.6) is 11.5 Å². The number of pyridine rings is 1. The van der Waals surface area contributed by atoms with Gasteiger partial charge in [-0.2, -0.15) is 0 Å². The lowest BCUT2D eigenvalue weighted by Gasteiger charge is -2.20. The molecule has 27 heavy (non-hydrogen) atoms. The number of nitrogens with one attached hydrogen (secondary N) is 1. The van der Waals surface area contributed by atoms with Crippen LogP contribution < -0.4 is 26.1 Å². The molecule has 0 bridgehead atoms. The zero-order valence-electron chi connectivity index (χ0n) is 14.8. The number of aryl methyl sites for hydroxylation is 2. The second-order valence-electron chi connectivity index (χ2n) is 6.12. The van der Waals surface area contributed by atoms with Crippen molar-refractivity contribution in [3.63, 3.8) is 0 Å². The summed E-state index contributed by atoms with van der Waals surface area (Å²) in [6.07, 6.45) is 0. The molecule has 1 aliphatic rings. The second-order valence-corrected chi connectivity index (χ2v) is 6.53. The molecule has 2 amide bonds. The van der Waals surface area contributed by atoms with E-state index in [1.807, 2.05) is 0 Å². The first kappa shape index (κ1) is 18.8. The predicted molar refractivity (Wildman–Crippen MR) is 99.8 cm³/mol. The van der Waals surface area contributed by atoms with Crippen molar-refractivity contribution < 1.29 is 19.1 Å². The van der Waals surface area contributed by atoms with E-state index in [-0.39, 0.29) is 17.1 Å². The molecule has 1 aromatic heterocycles. The monoisotopic (exact) mass is 391 g/mol. The first-order chi connectivity index (χ1) is 12.8. The number of carbonyl (C=O) groups excluding carboxylic acids is 2. The number of amides is 2. The molecule has 8 nitrogen and oxygen atoms in total. The highest BCUT2D eigenvalue weighted by atomic mass is 35.5. The van der Waals surface area contributed by atoms with Gasteiger partial charge < -0.3 is 25.1 Å². The Morgan fingerprint density at radius 1 is 1.19 bits per heavy atom. The lowest BCUT2D eigenvalue weighted by Crippen LogP contribution is -2.35. The summed E-state index contributed by atoms with van der Waals surface area (Å²) in [5.41, 5.74) is 5.87. The van der Waals surface area contributed by atoms with Gasteiger partial charge in [-0.15, -0.1) is 0 Å². The Balaban J connectivity index is 1.86. The van der Waals surface area contributed by atoms with Crippen LogP contribution in [0.4, 0.5) is 5.69 Å². The number of halogens is 1. The molecular weight excluding hydrogens is 374 g/mol. The molecule has 3 rings (SSSR count). The molecule has 0 aliphatic carbocycles. The Hall–Kier alpha value is -3.00. The minimum atomic E-state index is -0.832. The summed E-state index contributed by atoms with van der Waals surface area (Å²) in [5, 5.41) is 2.92. The third kappa shape index (κ3) is 3.75. The number of aromatic nitrogens is 1. The number of anilines is 1. The zero-order valence-corrected chi connectivity index (χ0v) is 15.6. The van der Waals surface area contributed by atoms with Crippen LogP contribution in [0.1, 0.15) is 21.6 Å². The highest BCUT2D eigenvalue weighted by molar-refractivity contribution is 6.34. The maximum atomic E-state index is 12.5. The van der Waals surface area contributed by atoms with Crippen LogP contribution in [0.2, 0.25) is 5.02 Å². The number of fused-ring (bicyclic) bond motifs is 1. The summed E-state index contributed by atoms with van der Waals surface area (Å²) in [5.74, 6) is -0.346. The molecule has 0 unspecified atom stereocenters. The fraction of sp³-hybridized carbons (Fsp3) is 0.278. The quantitative estimate of drug-likeness (QED) is 0.822. The number of benzene rings is 1. The number of hydrogen-bond acceptors (Lipinski definition) is 5. The topological polar surface area (TPSA) is 113 Å². The molecule has 0 saturated heterocycles.